The summed E-state index contributed by atoms with van der Waals surface area (Å²) < 4.78 is 0. The van der Waals surface area contributed by atoms with E-state index in [1.54, 1.807) is 30.3 Å². The van der Waals surface area contributed by atoms with Crippen molar-refractivity contribution in [2.24, 2.45) is 44.4 Å². The highest BCUT2D eigenvalue weighted by atomic mass is 16.4. The number of carbonyl (C=O) groups excluding carboxylic acids is 12. The number of aromatic hydroxyl groups is 1. The molecule has 28 N–H and O–H groups in total. The van der Waals surface area contributed by atoms with Gasteiger partial charge in [0.1, 0.15) is 60.1 Å². The maximum atomic E-state index is 14.3. The number of carboxylic acids is 2. The Bertz CT molecular complexity index is 3190. The molecular formula is C59H89N19O20. The molecule has 1 fully saturated rings. The first-order valence-corrected chi connectivity index (χ1v) is 30.8. The molecule has 2 aromatic carbocycles. The summed E-state index contributed by atoms with van der Waals surface area (Å²) in [7, 11) is 0. The van der Waals surface area contributed by atoms with E-state index in [0.717, 1.165) is 18.7 Å². The molecule has 12 amide bonds. The number of rotatable bonds is 41. The number of nitrogens with two attached hydrogens (primary N) is 6. The number of benzene rings is 2. The highest BCUT2D eigenvalue weighted by Gasteiger charge is 2.39. The largest absolute Gasteiger partial charge is 0.508 e. The Balaban J connectivity index is 1.77. The fourth-order valence-electron chi connectivity index (χ4n) is 9.63. The number of nitrogens with zero attached hydrogens (tertiary/aromatic N) is 3. The maximum Gasteiger partial charge on any atom is 0.328 e. The van der Waals surface area contributed by atoms with Crippen LogP contribution in [0.3, 0.4) is 0 Å². The average Bonchev–Trinajstić information content (AvgIpc) is 1.54. The summed E-state index contributed by atoms with van der Waals surface area (Å²) in [5.74, 6) is -17.2. The summed E-state index contributed by atoms with van der Waals surface area (Å²) in [6.07, 6.45) is -5.66. The number of phenolic OH excluding ortho intramolecular Hbond substituents is 1. The van der Waals surface area contributed by atoms with Gasteiger partial charge >= 0.3 is 11.9 Å². The number of aliphatic hydroxyl groups excluding tert-OH is 3. The lowest BCUT2D eigenvalue weighted by Crippen LogP contribution is -2.61. The van der Waals surface area contributed by atoms with Crippen molar-refractivity contribution in [3.05, 3.63) is 65.7 Å². The molecule has 1 saturated heterocycles. The first kappa shape index (κ1) is 81.4. The number of aliphatic carboxylic acids is 2. The fourth-order valence-corrected chi connectivity index (χ4v) is 9.63. The minimum atomic E-state index is -2.11. The standard InChI is InChI=1S/C59H89N19O20/c1-28(69-56(96)45(29(2)80)76-48(88)34(60)22-31-10-5-4-6-11-31)47(87)72-38(24-42(61)83)52(92)74-39(25-44(85)86)53(93)75-40(27-79)49(89)68-26-43(84)78-21-9-14-41(78)55(95)71-36(13-8-20-67-59(64)65)50(90)70-35(12-7-19-66-58(62)63)51(91)73-37(23-32-15-17-33(82)18-16-32)54(94)77-46(30(3)81)57(97)98/h4-6,10-11,15-18,28-30,34-41,45-46,79-82H,7-9,12-14,19-27,60H2,1-3H3,(H2,61,83)(H,68,89)(H,69,96)(H,70,90)(H,71,95)(H,72,87)(H,73,91)(H,74,92)(H,75,93)(H,76,88)(H,77,94)(H,85,86)(H,97,98)(H4,62,63,66)(H4,64,65,67)/t28-,29+,30+,34-,35-,36-,37-,38-,39-,40-,41-,45-,46-/m0/s1. The van der Waals surface area contributed by atoms with Crippen LogP contribution in [0, 0.1) is 0 Å². The summed E-state index contributed by atoms with van der Waals surface area (Å²) in [4.78, 5) is 195. The van der Waals surface area contributed by atoms with E-state index >= 15 is 0 Å². The molecule has 1 heterocycles. The van der Waals surface area contributed by atoms with E-state index in [-0.39, 0.29) is 88.7 Å². The lowest BCUT2D eigenvalue weighted by Gasteiger charge is -2.28. The van der Waals surface area contributed by atoms with E-state index in [2.05, 4.69) is 52.5 Å². The summed E-state index contributed by atoms with van der Waals surface area (Å²) in [6.45, 7) is 1.10. The van der Waals surface area contributed by atoms with E-state index in [4.69, 9.17) is 34.4 Å². The van der Waals surface area contributed by atoms with Crippen LogP contribution >= 0.6 is 0 Å². The molecule has 39 heteroatoms. The number of nitrogens with one attached hydrogen (secondary N) is 10. The predicted octanol–water partition coefficient (Wildman–Crippen LogP) is -9.71. The first-order valence-electron chi connectivity index (χ1n) is 30.8. The van der Waals surface area contributed by atoms with Crippen LogP contribution in [0.15, 0.2) is 64.6 Å². The Morgan fingerprint density at radius 3 is 1.54 bits per heavy atom. The van der Waals surface area contributed by atoms with Gasteiger partial charge in [0.25, 0.3) is 0 Å². The van der Waals surface area contributed by atoms with E-state index in [0.29, 0.717) is 11.1 Å². The quantitative estimate of drug-likeness (QED) is 0.0167. The Morgan fingerprint density at radius 2 is 1.02 bits per heavy atom. The van der Waals surface area contributed by atoms with Gasteiger partial charge in [-0.1, -0.05) is 42.5 Å². The number of amides is 12. The van der Waals surface area contributed by atoms with Crippen LogP contribution in [0.25, 0.3) is 0 Å². The number of primary amides is 1. The normalized spacial score (nSPS) is 16.2. The monoisotopic (exact) mass is 1380 g/mol. The van der Waals surface area contributed by atoms with Crippen molar-refractivity contribution in [1.82, 2.24) is 58.1 Å². The van der Waals surface area contributed by atoms with Gasteiger partial charge < -0.3 is 123 Å². The topological polar surface area (TPSA) is 665 Å². The number of likely N-dealkylation sites (tertiary alicyclic amines) is 1. The van der Waals surface area contributed by atoms with Crippen LogP contribution in [0.4, 0.5) is 0 Å². The van der Waals surface area contributed by atoms with Crippen molar-refractivity contribution in [2.45, 2.75) is 164 Å². The third kappa shape index (κ3) is 28.3. The number of carboxylic acid groups (broad SMARTS) is 2. The predicted molar refractivity (Wildman–Crippen MR) is 345 cm³/mol. The highest BCUT2D eigenvalue weighted by Crippen LogP contribution is 2.19. The lowest BCUT2D eigenvalue weighted by atomic mass is 10.0. The number of phenols is 1. The van der Waals surface area contributed by atoms with Gasteiger partial charge in [0, 0.05) is 26.1 Å². The number of hydrogen-bond acceptors (Lipinski definition) is 21. The molecule has 1 aliphatic rings. The average molecular weight is 1380 g/mol. The van der Waals surface area contributed by atoms with Crippen molar-refractivity contribution < 1.29 is 97.8 Å². The molecule has 3 rings (SSSR count). The van der Waals surface area contributed by atoms with Crippen LogP contribution < -0.4 is 87.6 Å². The third-order valence-corrected chi connectivity index (χ3v) is 14.8. The minimum absolute atomic E-state index is 0.00890. The highest BCUT2D eigenvalue weighted by molar-refractivity contribution is 6.00. The van der Waals surface area contributed by atoms with Crippen molar-refractivity contribution in [1.29, 1.82) is 0 Å². The maximum absolute atomic E-state index is 14.3. The van der Waals surface area contributed by atoms with Crippen LogP contribution in [-0.2, 0) is 80.0 Å². The number of carbonyl (C=O) groups is 14. The fraction of sp³-hybridized carbons (Fsp3) is 0.525. The molecule has 0 saturated carbocycles. The van der Waals surface area contributed by atoms with Gasteiger partial charge in [-0.2, -0.15) is 0 Å². The van der Waals surface area contributed by atoms with Crippen LogP contribution in [0.1, 0.15) is 83.3 Å². The van der Waals surface area contributed by atoms with Gasteiger partial charge in [-0.05, 0) is 89.0 Å². The van der Waals surface area contributed by atoms with Gasteiger partial charge in [-0.25, -0.2) is 4.79 Å². The molecule has 0 aliphatic carbocycles. The zero-order valence-corrected chi connectivity index (χ0v) is 54.0. The Hall–Kier alpha value is -10.8. The summed E-state index contributed by atoms with van der Waals surface area (Å²) in [5, 5.41) is 82.7. The number of guanidine groups is 2. The molecule has 0 aromatic heterocycles. The summed E-state index contributed by atoms with van der Waals surface area (Å²) >= 11 is 0. The molecule has 0 bridgehead atoms. The number of hydrogen-bond donors (Lipinski definition) is 22. The van der Waals surface area contributed by atoms with E-state index in [1.807, 2.05) is 10.6 Å². The molecule has 540 valence electrons. The van der Waals surface area contributed by atoms with Crippen molar-refractivity contribution in [3.63, 3.8) is 0 Å². The molecular weight excluding hydrogens is 1290 g/mol. The van der Waals surface area contributed by atoms with Crippen LogP contribution in [-0.4, -0.2) is 242 Å². The SMILES string of the molecule is C[C@H](NC(=O)[C@@H](NC(=O)[C@@H](N)Cc1ccccc1)[C@@H](C)O)C(=O)N[C@@H](CC(N)=O)C(=O)N[C@@H](CC(=O)O)C(=O)N[C@@H](CO)C(=O)NCC(=O)N1CCC[C@H]1C(=O)N[C@@H](CCCN=C(N)N)C(=O)N[C@@H](CCCN=C(N)N)C(=O)N[C@@H](Cc1ccc(O)cc1)C(=O)N[C@H](C(=O)O)[C@@H](C)O. The third-order valence-electron chi connectivity index (χ3n) is 14.8. The molecule has 13 atom stereocenters. The molecule has 1 aliphatic heterocycles. The zero-order valence-electron chi connectivity index (χ0n) is 54.0. The summed E-state index contributed by atoms with van der Waals surface area (Å²) in [5.41, 5.74) is 34.4. The summed E-state index contributed by atoms with van der Waals surface area (Å²) in [6, 6.07) is -4.12. The van der Waals surface area contributed by atoms with Gasteiger partial charge in [0.2, 0.25) is 70.9 Å². The molecule has 0 spiro atoms. The van der Waals surface area contributed by atoms with E-state index in [1.165, 1.54) is 31.2 Å². The van der Waals surface area contributed by atoms with Crippen molar-refractivity contribution in [2.75, 3.05) is 32.8 Å². The molecule has 0 radical (unpaired) electrons. The van der Waals surface area contributed by atoms with Gasteiger partial charge in [-0.15, -0.1) is 0 Å². The lowest BCUT2D eigenvalue weighted by molar-refractivity contribution is -0.145. The Morgan fingerprint density at radius 1 is 0.541 bits per heavy atom. The molecule has 0 unspecified atom stereocenters. The van der Waals surface area contributed by atoms with Gasteiger partial charge in [0.05, 0.1) is 44.2 Å². The van der Waals surface area contributed by atoms with Crippen molar-refractivity contribution >= 4 is 94.7 Å². The van der Waals surface area contributed by atoms with Gasteiger partial charge in [-0.3, -0.25) is 72.3 Å². The first-order chi connectivity index (χ1) is 46.1. The van der Waals surface area contributed by atoms with E-state index < -0.39 is 187 Å². The number of aliphatic imine (C=N–C) groups is 2. The second-order valence-electron chi connectivity index (χ2n) is 22.9. The van der Waals surface area contributed by atoms with E-state index in [9.17, 15) is 97.8 Å². The smallest absolute Gasteiger partial charge is 0.328 e. The molecule has 39 nitrogen and oxygen atoms in total. The van der Waals surface area contributed by atoms with Gasteiger partial charge in [0.15, 0.2) is 18.0 Å². The number of aliphatic hydroxyl groups is 3. The Labute approximate surface area is 561 Å². The second kappa shape index (κ2) is 40.6. The van der Waals surface area contributed by atoms with Crippen LogP contribution in [0.5, 0.6) is 5.75 Å². The zero-order chi connectivity index (χ0) is 73.5. The second-order valence-corrected chi connectivity index (χ2v) is 22.9. The van der Waals surface area contributed by atoms with Crippen molar-refractivity contribution in [3.8, 4) is 5.75 Å². The van der Waals surface area contributed by atoms with Crippen LogP contribution in [0.2, 0.25) is 0 Å². The molecule has 2 aromatic rings. The molecule has 98 heavy (non-hydrogen) atoms. The minimum Gasteiger partial charge on any atom is -0.508 e. The Kier molecular flexibility index (Phi) is 33.7.